The zero-order valence-electron chi connectivity index (χ0n) is 19.2. The van der Waals surface area contributed by atoms with Crippen molar-refractivity contribution in [1.29, 1.82) is 0 Å². The van der Waals surface area contributed by atoms with Crippen molar-refractivity contribution in [3.05, 3.63) is 41.0 Å². The van der Waals surface area contributed by atoms with E-state index in [1.165, 1.54) is 4.90 Å². The predicted octanol–water partition coefficient (Wildman–Crippen LogP) is 3.05. The Bertz CT molecular complexity index is 941. The molecule has 0 spiro atoms. The molecule has 2 heterocycles. The van der Waals surface area contributed by atoms with Crippen LogP contribution in [0.1, 0.15) is 51.4 Å². The van der Waals surface area contributed by atoms with Gasteiger partial charge in [-0.3, -0.25) is 9.59 Å². The molecule has 0 saturated carbocycles. The number of halogens is 1. The lowest BCUT2D eigenvalue weighted by molar-refractivity contribution is -0.141. The van der Waals surface area contributed by atoms with Crippen LogP contribution in [0.3, 0.4) is 0 Å². The van der Waals surface area contributed by atoms with Gasteiger partial charge < -0.3 is 21.1 Å². The molecule has 1 aromatic carbocycles. The number of aromatic nitrogens is 1. The molecule has 2 amide bonds. The summed E-state index contributed by atoms with van der Waals surface area (Å²) in [4.78, 5) is 32.7. The van der Waals surface area contributed by atoms with E-state index in [9.17, 15) is 14.7 Å². The summed E-state index contributed by atoms with van der Waals surface area (Å²) in [5.74, 6) is -0.581. The van der Waals surface area contributed by atoms with Gasteiger partial charge in [0.2, 0.25) is 11.8 Å². The Hall–Kier alpha value is -2.00. The van der Waals surface area contributed by atoms with E-state index in [1.54, 1.807) is 11.3 Å². The van der Waals surface area contributed by atoms with E-state index in [0.717, 1.165) is 21.7 Å². The minimum absolute atomic E-state index is 0. The predicted molar refractivity (Wildman–Crippen MR) is 130 cm³/mol. The van der Waals surface area contributed by atoms with Crippen LogP contribution >= 0.6 is 23.7 Å². The Morgan fingerprint density at radius 2 is 1.91 bits per heavy atom. The largest absolute Gasteiger partial charge is 0.391 e. The van der Waals surface area contributed by atoms with Crippen LogP contribution in [-0.2, 0) is 9.59 Å². The third-order valence-electron chi connectivity index (χ3n) is 5.84. The number of aryl methyl sites for hydroxylation is 1. The summed E-state index contributed by atoms with van der Waals surface area (Å²) in [6.45, 7) is 9.67. The quantitative estimate of drug-likeness (QED) is 0.609. The van der Waals surface area contributed by atoms with E-state index in [-0.39, 0.29) is 43.2 Å². The first kappa shape index (κ1) is 26.3. The van der Waals surface area contributed by atoms with Gasteiger partial charge in [-0.1, -0.05) is 45.0 Å². The summed E-state index contributed by atoms with van der Waals surface area (Å²) in [6, 6.07) is 6.32. The lowest BCUT2D eigenvalue weighted by Gasteiger charge is -2.32. The highest BCUT2D eigenvalue weighted by atomic mass is 35.5. The summed E-state index contributed by atoms with van der Waals surface area (Å²) in [7, 11) is 0. The number of β-amino-alcohol motifs (C(OH)–C–C–N with tert-alkyl or cyclic N) is 1. The number of carbonyl (C=O) groups excluding carboxylic acids is 2. The molecular formula is C23H33ClN4O3S. The van der Waals surface area contributed by atoms with Gasteiger partial charge in [-0.05, 0) is 30.4 Å². The maximum Gasteiger partial charge on any atom is 0.243 e. The molecular weight excluding hydrogens is 448 g/mol. The maximum absolute atomic E-state index is 13.0. The number of likely N-dealkylation sites (tertiary alicyclic amines) is 1. The molecule has 9 heteroatoms. The second-order valence-corrected chi connectivity index (χ2v) is 10.2. The molecule has 4 unspecified atom stereocenters. The first-order valence-electron chi connectivity index (χ1n) is 10.5. The molecule has 2 aromatic rings. The van der Waals surface area contributed by atoms with Crippen LogP contribution in [0.25, 0.3) is 10.4 Å². The fraction of sp³-hybridized carbons (Fsp3) is 0.522. The van der Waals surface area contributed by atoms with Crippen molar-refractivity contribution in [1.82, 2.24) is 15.2 Å². The van der Waals surface area contributed by atoms with Crippen molar-refractivity contribution in [2.45, 2.75) is 65.3 Å². The smallest absolute Gasteiger partial charge is 0.243 e. The lowest BCUT2D eigenvalue weighted by atomic mass is 9.86. The Morgan fingerprint density at radius 3 is 2.44 bits per heavy atom. The first-order valence-corrected chi connectivity index (χ1v) is 11.4. The van der Waals surface area contributed by atoms with Gasteiger partial charge in [0.1, 0.15) is 6.04 Å². The van der Waals surface area contributed by atoms with Crippen LogP contribution in [0.15, 0.2) is 29.8 Å². The second kappa shape index (κ2) is 10.3. The molecule has 176 valence electrons. The van der Waals surface area contributed by atoms with Crippen LogP contribution in [0.2, 0.25) is 0 Å². The molecule has 7 nitrogen and oxygen atoms in total. The Balaban J connectivity index is 0.00000363. The van der Waals surface area contributed by atoms with Gasteiger partial charge in [0.25, 0.3) is 0 Å². The van der Waals surface area contributed by atoms with Crippen LogP contribution in [0.5, 0.6) is 0 Å². The van der Waals surface area contributed by atoms with E-state index in [1.807, 2.05) is 64.4 Å². The average Bonchev–Trinajstić information content (AvgIpc) is 3.31. The second-order valence-electron chi connectivity index (χ2n) is 9.36. The number of amides is 2. The number of aliphatic hydroxyl groups is 1. The highest BCUT2D eigenvalue weighted by Gasteiger charge is 2.42. The molecule has 32 heavy (non-hydrogen) atoms. The summed E-state index contributed by atoms with van der Waals surface area (Å²) < 4.78 is 0. The molecule has 1 aromatic heterocycles. The number of hydrogen-bond donors (Lipinski definition) is 3. The molecule has 1 aliphatic heterocycles. The van der Waals surface area contributed by atoms with Gasteiger partial charge in [0, 0.05) is 13.0 Å². The number of rotatable bonds is 5. The average molecular weight is 481 g/mol. The molecule has 4 atom stereocenters. The van der Waals surface area contributed by atoms with Crippen molar-refractivity contribution >= 4 is 35.6 Å². The standard InChI is InChI=1S/C23H32N4O3S.ClH/c1-13(15-6-8-16(9-7-15)19-14(2)25-12-31-19)26-21(29)18-10-17(28)11-27(18)22(30)20(24)23(3,4)5;/h6-9,12-13,17-18,20,28H,10-11,24H2,1-5H3,(H,26,29);1H. The van der Waals surface area contributed by atoms with Crippen molar-refractivity contribution in [3.63, 3.8) is 0 Å². The number of benzene rings is 1. The molecule has 1 aliphatic rings. The molecule has 0 bridgehead atoms. The van der Waals surface area contributed by atoms with E-state index >= 15 is 0 Å². The fourth-order valence-corrected chi connectivity index (χ4v) is 4.56. The fourth-order valence-electron chi connectivity index (χ4n) is 3.75. The monoisotopic (exact) mass is 480 g/mol. The Morgan fingerprint density at radius 1 is 1.28 bits per heavy atom. The lowest BCUT2D eigenvalue weighted by Crippen LogP contribution is -2.55. The van der Waals surface area contributed by atoms with Gasteiger partial charge in [-0.25, -0.2) is 4.98 Å². The van der Waals surface area contributed by atoms with Crippen LogP contribution in [-0.4, -0.2) is 51.5 Å². The molecule has 0 radical (unpaired) electrons. The van der Waals surface area contributed by atoms with Crippen molar-refractivity contribution in [2.24, 2.45) is 11.1 Å². The van der Waals surface area contributed by atoms with Crippen LogP contribution in [0, 0.1) is 12.3 Å². The van der Waals surface area contributed by atoms with Gasteiger partial charge in [-0.2, -0.15) is 0 Å². The molecule has 1 fully saturated rings. The molecule has 4 N–H and O–H groups in total. The highest BCUT2D eigenvalue weighted by Crippen LogP contribution is 2.29. The maximum atomic E-state index is 13.0. The van der Waals surface area contributed by atoms with Crippen molar-refractivity contribution in [3.8, 4) is 10.4 Å². The van der Waals surface area contributed by atoms with Crippen LogP contribution < -0.4 is 11.1 Å². The number of hydrogen-bond acceptors (Lipinski definition) is 6. The van der Waals surface area contributed by atoms with Gasteiger partial charge in [-0.15, -0.1) is 23.7 Å². The van der Waals surface area contributed by atoms with E-state index in [2.05, 4.69) is 10.3 Å². The number of nitrogens with one attached hydrogen (secondary N) is 1. The Labute approximate surface area is 199 Å². The summed E-state index contributed by atoms with van der Waals surface area (Å²) in [5, 5.41) is 13.1. The van der Waals surface area contributed by atoms with Crippen LogP contribution in [0.4, 0.5) is 0 Å². The Kier molecular flexibility index (Phi) is 8.44. The van der Waals surface area contributed by atoms with Crippen molar-refractivity contribution in [2.75, 3.05) is 6.54 Å². The zero-order valence-corrected chi connectivity index (χ0v) is 20.8. The van der Waals surface area contributed by atoms with E-state index < -0.39 is 23.6 Å². The van der Waals surface area contributed by atoms with Gasteiger partial charge in [0.15, 0.2) is 0 Å². The SMILES string of the molecule is Cc1ncsc1-c1ccc(C(C)NC(=O)C2CC(O)CN2C(=O)C(N)C(C)(C)C)cc1.Cl. The molecule has 3 rings (SSSR count). The third-order valence-corrected chi connectivity index (χ3v) is 6.82. The summed E-state index contributed by atoms with van der Waals surface area (Å²) in [5.41, 5.74) is 10.6. The zero-order chi connectivity index (χ0) is 22.9. The number of carbonyl (C=O) groups is 2. The van der Waals surface area contributed by atoms with Gasteiger partial charge >= 0.3 is 0 Å². The van der Waals surface area contributed by atoms with Gasteiger partial charge in [0.05, 0.1) is 34.3 Å². The number of aliphatic hydroxyl groups excluding tert-OH is 1. The molecule has 0 aliphatic carbocycles. The summed E-state index contributed by atoms with van der Waals surface area (Å²) in [6.07, 6.45) is -0.519. The number of nitrogens with two attached hydrogens (primary N) is 1. The molecule has 1 saturated heterocycles. The normalized spacial score (nSPS) is 20.4. The topological polar surface area (TPSA) is 109 Å². The minimum atomic E-state index is -0.742. The highest BCUT2D eigenvalue weighted by molar-refractivity contribution is 7.13. The number of nitrogens with zero attached hydrogens (tertiary/aromatic N) is 2. The van der Waals surface area contributed by atoms with E-state index in [4.69, 9.17) is 5.73 Å². The summed E-state index contributed by atoms with van der Waals surface area (Å²) >= 11 is 1.60. The van der Waals surface area contributed by atoms with Crippen molar-refractivity contribution < 1.29 is 14.7 Å². The van der Waals surface area contributed by atoms with E-state index in [0.29, 0.717) is 0 Å². The minimum Gasteiger partial charge on any atom is -0.391 e. The number of thiazole rings is 1. The first-order chi connectivity index (χ1) is 14.5. The third kappa shape index (κ3) is 5.67.